The summed E-state index contributed by atoms with van der Waals surface area (Å²) in [6, 6.07) is 15.0. The van der Waals surface area contributed by atoms with E-state index in [1.807, 2.05) is 24.3 Å². The van der Waals surface area contributed by atoms with Gasteiger partial charge < -0.3 is 4.98 Å². The van der Waals surface area contributed by atoms with Crippen molar-refractivity contribution in [2.45, 2.75) is 13.8 Å². The lowest BCUT2D eigenvalue weighted by molar-refractivity contribution is 1.10. The second-order valence-electron chi connectivity index (χ2n) is 7.24. The molecule has 0 bridgehead atoms. The summed E-state index contributed by atoms with van der Waals surface area (Å²) in [7, 11) is 0. The van der Waals surface area contributed by atoms with Gasteiger partial charge in [0.25, 0.3) is 0 Å². The molecule has 4 aromatic heterocycles. The average molecular weight is 424 g/mol. The Morgan fingerprint density at radius 1 is 1.16 bits per heavy atom. The molecule has 152 valence electrons. The number of nitrogens with zero attached hydrogens (tertiary/aromatic N) is 3. The molecule has 0 radical (unpaired) electrons. The largest absolute Gasteiger partial charge is 0.353 e. The lowest BCUT2D eigenvalue weighted by Crippen LogP contribution is -1.86. The Hall–Kier alpha value is -3.77. The van der Waals surface area contributed by atoms with Crippen LogP contribution in [0.25, 0.3) is 49.5 Å². The number of hydrogen-bond donors (Lipinski definition) is 2. The van der Waals surface area contributed by atoms with Crippen molar-refractivity contribution >= 4 is 45.2 Å². The molecule has 0 saturated carbocycles. The summed E-state index contributed by atoms with van der Waals surface area (Å²) in [4.78, 5) is 15.1. The van der Waals surface area contributed by atoms with Crippen LogP contribution in [0.1, 0.15) is 17.4 Å². The van der Waals surface area contributed by atoms with Gasteiger partial charge in [-0.2, -0.15) is 5.10 Å². The number of allylic oxidation sites excluding steroid dienone is 2. The van der Waals surface area contributed by atoms with E-state index in [2.05, 4.69) is 81.1 Å². The number of fused-ring (bicyclic) bond motifs is 2. The van der Waals surface area contributed by atoms with Crippen molar-refractivity contribution in [2.75, 3.05) is 0 Å². The van der Waals surface area contributed by atoms with Crippen LogP contribution in [0, 0.1) is 6.92 Å². The van der Waals surface area contributed by atoms with E-state index in [9.17, 15) is 0 Å². The summed E-state index contributed by atoms with van der Waals surface area (Å²) in [5.41, 5.74) is 6.67. The van der Waals surface area contributed by atoms with E-state index in [1.165, 1.54) is 20.7 Å². The molecule has 0 fully saturated rings. The Kier molecular flexibility index (Phi) is 4.84. The Morgan fingerprint density at radius 2 is 2.06 bits per heavy atom. The second kappa shape index (κ2) is 7.81. The molecule has 2 N–H and O–H groups in total. The summed E-state index contributed by atoms with van der Waals surface area (Å²) in [5.74, 6) is 0. The SMILES string of the molecule is C=CC=N/C(=C\C)c1cnc2n[nH]c(-c3cc4c(-c5ccc(C)s5)cccc4[nH]3)c2c1. The van der Waals surface area contributed by atoms with Crippen LogP contribution in [0.5, 0.6) is 0 Å². The van der Waals surface area contributed by atoms with Crippen molar-refractivity contribution in [3.63, 3.8) is 0 Å². The first-order valence-electron chi connectivity index (χ1n) is 10.0. The zero-order valence-corrected chi connectivity index (χ0v) is 18.1. The van der Waals surface area contributed by atoms with Crippen LogP contribution < -0.4 is 0 Å². The van der Waals surface area contributed by atoms with E-state index in [4.69, 9.17) is 0 Å². The summed E-state index contributed by atoms with van der Waals surface area (Å²) in [6.07, 6.45) is 7.10. The highest BCUT2D eigenvalue weighted by molar-refractivity contribution is 7.15. The van der Waals surface area contributed by atoms with Crippen LogP contribution in [-0.2, 0) is 0 Å². The highest BCUT2D eigenvalue weighted by Gasteiger charge is 2.15. The van der Waals surface area contributed by atoms with Gasteiger partial charge in [0, 0.05) is 49.6 Å². The smallest absolute Gasteiger partial charge is 0.181 e. The molecule has 31 heavy (non-hydrogen) atoms. The first kappa shape index (κ1) is 19.2. The fourth-order valence-corrected chi connectivity index (χ4v) is 4.68. The van der Waals surface area contributed by atoms with Gasteiger partial charge in [-0.15, -0.1) is 11.3 Å². The number of rotatable bonds is 5. The fraction of sp³-hybridized carbons (Fsp3) is 0.0800. The first-order valence-corrected chi connectivity index (χ1v) is 10.8. The fourth-order valence-electron chi connectivity index (χ4n) is 3.78. The number of nitrogens with one attached hydrogen (secondary N) is 2. The van der Waals surface area contributed by atoms with Crippen molar-refractivity contribution < 1.29 is 0 Å². The Labute approximate surface area is 183 Å². The normalized spacial score (nSPS) is 12.4. The van der Waals surface area contributed by atoms with Gasteiger partial charge in [0.05, 0.1) is 17.1 Å². The number of aromatic amines is 2. The zero-order chi connectivity index (χ0) is 21.4. The number of benzene rings is 1. The molecule has 6 heteroatoms. The molecule has 0 atom stereocenters. The second-order valence-corrected chi connectivity index (χ2v) is 8.53. The van der Waals surface area contributed by atoms with Gasteiger partial charge >= 0.3 is 0 Å². The van der Waals surface area contributed by atoms with Gasteiger partial charge in [-0.05, 0) is 44.2 Å². The van der Waals surface area contributed by atoms with E-state index in [1.54, 1.807) is 18.5 Å². The van der Waals surface area contributed by atoms with Crippen LogP contribution >= 0.6 is 11.3 Å². The minimum Gasteiger partial charge on any atom is -0.353 e. The van der Waals surface area contributed by atoms with Crippen LogP contribution in [0.15, 0.2) is 72.4 Å². The van der Waals surface area contributed by atoms with Gasteiger partial charge in [0.15, 0.2) is 5.65 Å². The van der Waals surface area contributed by atoms with Gasteiger partial charge in [0.1, 0.15) is 0 Å². The molecule has 5 nitrogen and oxygen atoms in total. The third-order valence-electron chi connectivity index (χ3n) is 5.24. The van der Waals surface area contributed by atoms with Crippen molar-refractivity contribution in [3.05, 3.63) is 77.8 Å². The third kappa shape index (κ3) is 3.41. The Bertz CT molecular complexity index is 1480. The molecule has 0 spiro atoms. The number of aliphatic imine (C=N–C) groups is 1. The molecule has 0 unspecified atom stereocenters. The van der Waals surface area contributed by atoms with E-state index >= 15 is 0 Å². The first-order chi connectivity index (χ1) is 15.2. The number of pyridine rings is 1. The maximum absolute atomic E-state index is 4.53. The standard InChI is InChI=1S/C25H21N5S/c1-4-11-26-20(5-2)16-12-19-24(29-30-25(19)27-14-16)22-13-18-17(7-6-8-21(18)28-22)23-10-9-15(3)31-23/h4-14,28H,1H2,2-3H3,(H,27,29,30)/b20-5-,26-11?. The lowest BCUT2D eigenvalue weighted by Gasteiger charge is -2.01. The number of hydrogen-bond acceptors (Lipinski definition) is 4. The average Bonchev–Trinajstić information content (AvgIpc) is 3.51. The molecular formula is C25H21N5S. The maximum atomic E-state index is 4.53. The van der Waals surface area contributed by atoms with Crippen LogP contribution in [0.2, 0.25) is 0 Å². The highest BCUT2D eigenvalue weighted by Crippen LogP contribution is 2.36. The van der Waals surface area contributed by atoms with E-state index in [-0.39, 0.29) is 0 Å². The summed E-state index contributed by atoms with van der Waals surface area (Å²) >= 11 is 1.81. The van der Waals surface area contributed by atoms with Gasteiger partial charge in [-0.25, -0.2) is 4.98 Å². The number of aryl methyl sites for hydroxylation is 1. The number of thiophene rings is 1. The molecule has 0 saturated heterocycles. The van der Waals surface area contributed by atoms with Gasteiger partial charge in [-0.1, -0.05) is 30.9 Å². The topological polar surface area (TPSA) is 69.7 Å². The molecule has 4 heterocycles. The minimum atomic E-state index is 0.676. The molecule has 0 aliphatic carbocycles. The number of aromatic nitrogens is 4. The van der Waals surface area contributed by atoms with Crippen molar-refractivity contribution in [3.8, 4) is 21.8 Å². The van der Waals surface area contributed by atoms with Crippen molar-refractivity contribution in [2.24, 2.45) is 4.99 Å². The zero-order valence-electron chi connectivity index (χ0n) is 17.3. The van der Waals surface area contributed by atoms with Gasteiger partial charge in [-0.3, -0.25) is 10.1 Å². The summed E-state index contributed by atoms with van der Waals surface area (Å²) < 4.78 is 0. The van der Waals surface area contributed by atoms with Crippen LogP contribution in [-0.4, -0.2) is 26.4 Å². The molecule has 5 rings (SSSR count). The third-order valence-corrected chi connectivity index (χ3v) is 6.27. The van der Waals surface area contributed by atoms with Crippen LogP contribution in [0.4, 0.5) is 0 Å². The molecular weight excluding hydrogens is 402 g/mol. The lowest BCUT2D eigenvalue weighted by atomic mass is 10.1. The molecule has 0 amide bonds. The van der Waals surface area contributed by atoms with Gasteiger partial charge in [0.2, 0.25) is 0 Å². The maximum Gasteiger partial charge on any atom is 0.181 e. The Morgan fingerprint density at radius 3 is 2.84 bits per heavy atom. The van der Waals surface area contributed by atoms with Crippen molar-refractivity contribution in [1.29, 1.82) is 0 Å². The highest BCUT2D eigenvalue weighted by atomic mass is 32.1. The van der Waals surface area contributed by atoms with Crippen LogP contribution in [0.3, 0.4) is 0 Å². The van der Waals surface area contributed by atoms with E-state index in [0.29, 0.717) is 5.65 Å². The molecule has 5 aromatic rings. The predicted molar refractivity (Wildman–Crippen MR) is 132 cm³/mol. The summed E-state index contributed by atoms with van der Waals surface area (Å²) in [5, 5.41) is 9.72. The predicted octanol–water partition coefficient (Wildman–Crippen LogP) is 6.76. The van der Waals surface area contributed by atoms with Crippen molar-refractivity contribution in [1.82, 2.24) is 20.2 Å². The quantitative estimate of drug-likeness (QED) is 0.307. The molecule has 0 aliphatic rings. The van der Waals surface area contributed by atoms with E-state index in [0.717, 1.165) is 33.6 Å². The number of H-pyrrole nitrogens is 2. The molecule has 1 aromatic carbocycles. The Balaban J connectivity index is 1.65. The molecule has 0 aliphatic heterocycles. The van der Waals surface area contributed by atoms with E-state index < -0.39 is 0 Å². The monoisotopic (exact) mass is 423 g/mol. The summed E-state index contributed by atoms with van der Waals surface area (Å²) in [6.45, 7) is 7.79. The minimum absolute atomic E-state index is 0.676.